The van der Waals surface area contributed by atoms with E-state index >= 15 is 0 Å². The fourth-order valence-electron chi connectivity index (χ4n) is 4.15. The number of carbonyl (C=O) groups is 1. The van der Waals surface area contributed by atoms with Crippen LogP contribution in [-0.4, -0.2) is 37.0 Å². The SMILES string of the molecule is CCC(CC)C(=O)Nc1ccc(N2CCN(C(C#N)c3ccccc3C#N)CC2)c(F)c1. The zero-order chi connectivity index (χ0) is 23.1. The molecule has 1 saturated heterocycles. The van der Waals surface area contributed by atoms with Gasteiger partial charge in [-0.25, -0.2) is 4.39 Å². The Morgan fingerprint density at radius 1 is 1.09 bits per heavy atom. The highest BCUT2D eigenvalue weighted by Crippen LogP contribution is 2.28. The monoisotopic (exact) mass is 433 g/mol. The van der Waals surface area contributed by atoms with Gasteiger partial charge >= 0.3 is 0 Å². The van der Waals surface area contributed by atoms with Crippen LogP contribution in [0.15, 0.2) is 42.5 Å². The topological polar surface area (TPSA) is 83.2 Å². The van der Waals surface area contributed by atoms with Gasteiger partial charge in [0.1, 0.15) is 11.9 Å². The van der Waals surface area contributed by atoms with Crippen molar-refractivity contribution in [1.82, 2.24) is 4.90 Å². The molecular weight excluding hydrogens is 405 g/mol. The lowest BCUT2D eigenvalue weighted by Gasteiger charge is -2.38. The quantitative estimate of drug-likeness (QED) is 0.697. The molecule has 166 valence electrons. The summed E-state index contributed by atoms with van der Waals surface area (Å²) in [6.07, 6.45) is 1.49. The summed E-state index contributed by atoms with van der Waals surface area (Å²) >= 11 is 0. The number of anilines is 2. The van der Waals surface area contributed by atoms with Gasteiger partial charge in [-0.05, 0) is 37.1 Å². The van der Waals surface area contributed by atoms with E-state index in [4.69, 9.17) is 0 Å². The highest BCUT2D eigenvalue weighted by atomic mass is 19.1. The number of benzene rings is 2. The van der Waals surface area contributed by atoms with Crippen molar-refractivity contribution in [2.24, 2.45) is 5.92 Å². The van der Waals surface area contributed by atoms with Crippen molar-refractivity contribution in [2.45, 2.75) is 32.7 Å². The molecule has 1 fully saturated rings. The second-order valence-corrected chi connectivity index (χ2v) is 7.92. The molecule has 6 nitrogen and oxygen atoms in total. The lowest BCUT2D eigenvalue weighted by Crippen LogP contribution is -2.47. The summed E-state index contributed by atoms with van der Waals surface area (Å²) in [5.74, 6) is -0.548. The maximum absolute atomic E-state index is 14.8. The second kappa shape index (κ2) is 10.7. The number of nitriles is 2. The predicted octanol–water partition coefficient (Wildman–Crippen LogP) is 4.46. The van der Waals surface area contributed by atoms with Crippen LogP contribution in [-0.2, 0) is 4.79 Å². The molecule has 1 heterocycles. The minimum Gasteiger partial charge on any atom is -0.367 e. The standard InChI is InChI=1S/C25H28FN5O/c1-3-18(4-2)25(32)29-20-9-10-23(22(26)15-20)30-11-13-31(14-12-30)24(17-28)21-8-6-5-7-19(21)16-27/h5-10,15,18,24H,3-4,11-14H2,1-2H3,(H,29,32). The molecule has 2 aromatic carbocycles. The Labute approximate surface area is 188 Å². The molecule has 1 amide bonds. The molecule has 3 rings (SSSR count). The molecule has 1 aliphatic heterocycles. The van der Waals surface area contributed by atoms with Crippen LogP contribution >= 0.6 is 0 Å². The zero-order valence-electron chi connectivity index (χ0n) is 18.5. The Hall–Kier alpha value is -3.42. The van der Waals surface area contributed by atoms with Crippen molar-refractivity contribution in [3.8, 4) is 12.1 Å². The van der Waals surface area contributed by atoms with E-state index in [2.05, 4.69) is 17.5 Å². The summed E-state index contributed by atoms with van der Waals surface area (Å²) in [5, 5.41) is 21.9. The van der Waals surface area contributed by atoms with Crippen LogP contribution in [0, 0.1) is 34.4 Å². The molecule has 1 unspecified atom stereocenters. The van der Waals surface area contributed by atoms with Crippen molar-refractivity contribution in [1.29, 1.82) is 10.5 Å². The Kier molecular flexibility index (Phi) is 7.81. The van der Waals surface area contributed by atoms with Crippen molar-refractivity contribution in [3.63, 3.8) is 0 Å². The summed E-state index contributed by atoms with van der Waals surface area (Å²) < 4.78 is 14.8. The van der Waals surface area contributed by atoms with Crippen molar-refractivity contribution in [2.75, 3.05) is 36.4 Å². The molecule has 0 bridgehead atoms. The van der Waals surface area contributed by atoms with Crippen LogP contribution in [0.5, 0.6) is 0 Å². The first kappa shape index (κ1) is 23.2. The maximum Gasteiger partial charge on any atom is 0.227 e. The van der Waals surface area contributed by atoms with Crippen molar-refractivity contribution in [3.05, 3.63) is 59.4 Å². The molecule has 32 heavy (non-hydrogen) atoms. The van der Waals surface area contributed by atoms with Gasteiger partial charge in [0.25, 0.3) is 0 Å². The predicted molar refractivity (Wildman–Crippen MR) is 122 cm³/mol. The molecule has 1 N–H and O–H groups in total. The third kappa shape index (κ3) is 5.07. The number of halogens is 1. The fourth-order valence-corrected chi connectivity index (χ4v) is 4.15. The van der Waals surface area contributed by atoms with E-state index in [0.717, 1.165) is 12.8 Å². The van der Waals surface area contributed by atoms with E-state index in [1.54, 1.807) is 24.3 Å². The fraction of sp³-hybridized carbons (Fsp3) is 0.400. The highest BCUT2D eigenvalue weighted by Gasteiger charge is 2.27. The minimum atomic E-state index is -0.513. The van der Waals surface area contributed by atoms with E-state index in [1.165, 1.54) is 6.07 Å². The number of nitrogens with zero attached hydrogens (tertiary/aromatic N) is 4. The third-order valence-electron chi connectivity index (χ3n) is 6.09. The van der Waals surface area contributed by atoms with Gasteiger partial charge in [0.2, 0.25) is 5.91 Å². The molecule has 1 atom stereocenters. The van der Waals surface area contributed by atoms with E-state index in [-0.39, 0.29) is 17.6 Å². The molecule has 7 heteroatoms. The molecule has 2 aromatic rings. The van der Waals surface area contributed by atoms with Crippen molar-refractivity contribution < 1.29 is 9.18 Å². The number of hydrogen-bond acceptors (Lipinski definition) is 5. The lowest BCUT2D eigenvalue weighted by molar-refractivity contribution is -0.120. The van der Waals surface area contributed by atoms with Crippen LogP contribution in [0.25, 0.3) is 0 Å². The molecule has 0 aliphatic carbocycles. The van der Waals surface area contributed by atoms with Gasteiger partial charge in [-0.15, -0.1) is 0 Å². The largest absolute Gasteiger partial charge is 0.367 e. The molecule has 0 aromatic heterocycles. The van der Waals surface area contributed by atoms with Gasteiger partial charge in [0.15, 0.2) is 0 Å². The van der Waals surface area contributed by atoms with E-state index in [1.807, 2.05) is 35.8 Å². The average Bonchev–Trinajstić information content (AvgIpc) is 2.81. The first-order valence-corrected chi connectivity index (χ1v) is 11.0. The summed E-state index contributed by atoms with van der Waals surface area (Å²) in [7, 11) is 0. The molecular formula is C25H28FN5O. The van der Waals surface area contributed by atoms with Gasteiger partial charge < -0.3 is 10.2 Å². The first-order valence-electron chi connectivity index (χ1n) is 11.0. The Morgan fingerprint density at radius 3 is 2.38 bits per heavy atom. The van der Waals surface area contributed by atoms with Gasteiger partial charge in [0, 0.05) is 43.3 Å². The van der Waals surface area contributed by atoms with E-state index < -0.39 is 6.04 Å². The van der Waals surface area contributed by atoms with Crippen LogP contribution in [0.3, 0.4) is 0 Å². The Morgan fingerprint density at radius 2 is 1.78 bits per heavy atom. The summed E-state index contributed by atoms with van der Waals surface area (Å²) in [4.78, 5) is 16.2. The maximum atomic E-state index is 14.8. The Bertz CT molecular complexity index is 1030. The van der Waals surface area contributed by atoms with Crippen LogP contribution in [0.2, 0.25) is 0 Å². The molecule has 0 radical (unpaired) electrons. The smallest absolute Gasteiger partial charge is 0.227 e. The third-order valence-corrected chi connectivity index (χ3v) is 6.09. The van der Waals surface area contributed by atoms with Crippen molar-refractivity contribution >= 4 is 17.3 Å². The average molecular weight is 434 g/mol. The summed E-state index contributed by atoms with van der Waals surface area (Å²) in [6, 6.07) is 15.9. The summed E-state index contributed by atoms with van der Waals surface area (Å²) in [6.45, 7) is 6.20. The van der Waals surface area contributed by atoms with Crippen LogP contribution < -0.4 is 10.2 Å². The summed E-state index contributed by atoms with van der Waals surface area (Å²) in [5.41, 5.74) is 2.14. The Balaban J connectivity index is 1.67. The van der Waals surface area contributed by atoms with Crippen LogP contribution in [0.4, 0.5) is 15.8 Å². The highest BCUT2D eigenvalue weighted by molar-refractivity contribution is 5.92. The number of piperazine rings is 1. The number of nitrogens with one attached hydrogen (secondary N) is 1. The minimum absolute atomic E-state index is 0.0786. The van der Waals surface area contributed by atoms with Gasteiger partial charge in [-0.1, -0.05) is 32.0 Å². The number of carbonyl (C=O) groups excluding carboxylic acids is 1. The van der Waals surface area contributed by atoms with E-state index in [9.17, 15) is 19.7 Å². The molecule has 0 saturated carbocycles. The lowest BCUT2D eigenvalue weighted by atomic mass is 10.00. The van der Waals surface area contributed by atoms with Gasteiger partial charge in [-0.3, -0.25) is 9.69 Å². The van der Waals surface area contributed by atoms with E-state index in [0.29, 0.717) is 48.7 Å². The zero-order valence-corrected chi connectivity index (χ0v) is 18.5. The van der Waals surface area contributed by atoms with Crippen LogP contribution in [0.1, 0.15) is 43.9 Å². The number of rotatable bonds is 7. The normalized spacial score (nSPS) is 15.1. The molecule has 0 spiro atoms. The number of amides is 1. The molecule has 1 aliphatic rings. The number of hydrogen-bond donors (Lipinski definition) is 1. The second-order valence-electron chi connectivity index (χ2n) is 7.92. The first-order chi connectivity index (χ1) is 15.5. The van der Waals surface area contributed by atoms with Gasteiger partial charge in [0.05, 0.1) is 23.4 Å². The van der Waals surface area contributed by atoms with Gasteiger partial charge in [-0.2, -0.15) is 10.5 Å².